The minimum Gasteiger partial charge on any atom is -0.480 e. The van der Waals surface area contributed by atoms with Crippen LogP contribution in [0.1, 0.15) is 23.2 Å². The third-order valence-electron chi connectivity index (χ3n) is 3.44. The highest BCUT2D eigenvalue weighted by molar-refractivity contribution is 6.36. The van der Waals surface area contributed by atoms with Crippen molar-refractivity contribution in [1.82, 2.24) is 4.90 Å². The molecule has 0 bridgehead atoms. The number of benzene rings is 1. The molecule has 0 spiro atoms. The highest BCUT2D eigenvalue weighted by atomic mass is 35.5. The van der Waals surface area contributed by atoms with Crippen LogP contribution in [0.15, 0.2) is 12.1 Å². The van der Waals surface area contributed by atoms with Crippen LogP contribution >= 0.6 is 23.2 Å². The number of rotatable bonds is 4. The largest absolute Gasteiger partial charge is 0.480 e. The molecule has 0 aromatic heterocycles. The number of ether oxygens (including phenoxy) is 1. The number of aliphatic carboxylic acids is 1. The van der Waals surface area contributed by atoms with Crippen molar-refractivity contribution in [2.75, 3.05) is 19.8 Å². The Bertz CT molecular complexity index is 590. The Morgan fingerprint density at radius 1 is 1.27 bits per heavy atom. The summed E-state index contributed by atoms with van der Waals surface area (Å²) in [6.07, 6.45) is 1.04. The highest BCUT2D eigenvalue weighted by Crippen LogP contribution is 2.27. The topological polar surface area (TPSA) is 66.8 Å². The zero-order chi connectivity index (χ0) is 16.3. The maximum atomic E-state index is 13.6. The molecule has 1 aliphatic rings. The van der Waals surface area contributed by atoms with Gasteiger partial charge >= 0.3 is 5.97 Å². The summed E-state index contributed by atoms with van der Waals surface area (Å²) < 4.78 is 18.8. The molecule has 2 rings (SSSR count). The molecule has 1 fully saturated rings. The number of carboxylic acids is 1. The van der Waals surface area contributed by atoms with Crippen LogP contribution in [0.2, 0.25) is 10.0 Å². The van der Waals surface area contributed by atoms with Gasteiger partial charge in [0.05, 0.1) is 15.6 Å². The second kappa shape index (κ2) is 7.26. The van der Waals surface area contributed by atoms with Gasteiger partial charge < -0.3 is 14.7 Å². The van der Waals surface area contributed by atoms with Gasteiger partial charge in [0.2, 0.25) is 0 Å². The van der Waals surface area contributed by atoms with E-state index in [1.165, 1.54) is 4.90 Å². The molecule has 22 heavy (non-hydrogen) atoms. The Morgan fingerprint density at radius 2 is 1.91 bits per heavy atom. The molecule has 1 heterocycles. The molecule has 1 N–H and O–H groups in total. The third-order valence-corrected chi connectivity index (χ3v) is 4.04. The monoisotopic (exact) mass is 349 g/mol. The van der Waals surface area contributed by atoms with Crippen molar-refractivity contribution in [3.63, 3.8) is 0 Å². The SMILES string of the molecule is O=C(O)CN(C(=O)c1cc(F)c(Cl)cc1Cl)C1CCOCC1. The fourth-order valence-electron chi connectivity index (χ4n) is 2.35. The Kier molecular flexibility index (Phi) is 5.61. The summed E-state index contributed by atoms with van der Waals surface area (Å²) >= 11 is 11.6. The second-order valence-electron chi connectivity index (χ2n) is 4.92. The summed E-state index contributed by atoms with van der Waals surface area (Å²) in [5.41, 5.74) is -0.101. The van der Waals surface area contributed by atoms with E-state index in [-0.39, 0.29) is 21.7 Å². The first-order chi connectivity index (χ1) is 10.4. The summed E-state index contributed by atoms with van der Waals surface area (Å²) in [5, 5.41) is 8.81. The first-order valence-corrected chi connectivity index (χ1v) is 7.40. The van der Waals surface area contributed by atoms with Gasteiger partial charge in [-0.2, -0.15) is 0 Å². The third kappa shape index (κ3) is 3.88. The first-order valence-electron chi connectivity index (χ1n) is 6.65. The van der Waals surface area contributed by atoms with Crippen molar-refractivity contribution in [2.45, 2.75) is 18.9 Å². The fraction of sp³-hybridized carbons (Fsp3) is 0.429. The minimum atomic E-state index is -1.15. The van der Waals surface area contributed by atoms with Crippen molar-refractivity contribution >= 4 is 35.1 Å². The summed E-state index contributed by atoms with van der Waals surface area (Å²) in [7, 11) is 0. The molecule has 1 aromatic carbocycles. The molecule has 1 amide bonds. The molecule has 1 saturated heterocycles. The van der Waals surface area contributed by atoms with Gasteiger partial charge in [-0.1, -0.05) is 23.2 Å². The van der Waals surface area contributed by atoms with E-state index in [1.54, 1.807) is 0 Å². The Morgan fingerprint density at radius 3 is 2.50 bits per heavy atom. The van der Waals surface area contributed by atoms with E-state index in [0.717, 1.165) is 12.1 Å². The Hall–Kier alpha value is -1.37. The lowest BCUT2D eigenvalue weighted by molar-refractivity contribution is -0.138. The lowest BCUT2D eigenvalue weighted by Gasteiger charge is -2.33. The highest BCUT2D eigenvalue weighted by Gasteiger charge is 2.30. The molecule has 8 heteroatoms. The van der Waals surface area contributed by atoms with Crippen LogP contribution in [0.5, 0.6) is 0 Å². The van der Waals surface area contributed by atoms with Gasteiger partial charge in [-0.3, -0.25) is 9.59 Å². The van der Waals surface area contributed by atoms with Gasteiger partial charge in [-0.25, -0.2) is 4.39 Å². The number of hydrogen-bond acceptors (Lipinski definition) is 3. The van der Waals surface area contributed by atoms with E-state index in [1.807, 2.05) is 0 Å². The number of hydrogen-bond donors (Lipinski definition) is 1. The standard InChI is InChI=1S/C14H14Cl2FNO4/c15-10-6-11(16)12(17)5-9(10)14(21)18(7-13(19)20)8-1-3-22-4-2-8/h5-6,8H,1-4,7H2,(H,19,20). The van der Waals surface area contributed by atoms with Crippen LogP contribution < -0.4 is 0 Å². The second-order valence-corrected chi connectivity index (χ2v) is 5.73. The maximum Gasteiger partial charge on any atom is 0.323 e. The van der Waals surface area contributed by atoms with E-state index in [9.17, 15) is 14.0 Å². The van der Waals surface area contributed by atoms with Crippen molar-refractivity contribution < 1.29 is 23.8 Å². The predicted molar refractivity (Wildman–Crippen MR) is 78.9 cm³/mol. The van der Waals surface area contributed by atoms with Crippen molar-refractivity contribution in [2.24, 2.45) is 0 Å². The summed E-state index contributed by atoms with van der Waals surface area (Å²) in [6, 6.07) is 1.78. The number of carbonyl (C=O) groups excluding carboxylic acids is 1. The lowest BCUT2D eigenvalue weighted by Crippen LogP contribution is -2.46. The molecular weight excluding hydrogens is 336 g/mol. The summed E-state index contributed by atoms with van der Waals surface area (Å²) in [6.45, 7) is 0.400. The molecule has 1 aromatic rings. The first kappa shape index (κ1) is 17.0. The van der Waals surface area contributed by atoms with E-state index in [4.69, 9.17) is 33.0 Å². The Labute approximate surface area is 136 Å². The predicted octanol–water partition coefficient (Wildman–Crippen LogP) is 2.84. The molecule has 0 saturated carbocycles. The molecule has 5 nitrogen and oxygen atoms in total. The molecular formula is C14H14Cl2FNO4. The number of amides is 1. The maximum absolute atomic E-state index is 13.6. The molecule has 0 radical (unpaired) electrons. The number of nitrogens with zero attached hydrogens (tertiary/aromatic N) is 1. The van der Waals surface area contributed by atoms with Gasteiger partial charge in [0, 0.05) is 19.3 Å². The van der Waals surface area contributed by atoms with Crippen LogP contribution in [-0.4, -0.2) is 47.7 Å². The molecule has 120 valence electrons. The number of carboxylic acid groups (broad SMARTS) is 1. The van der Waals surface area contributed by atoms with E-state index in [0.29, 0.717) is 26.1 Å². The van der Waals surface area contributed by atoms with E-state index >= 15 is 0 Å². The normalized spacial score (nSPS) is 15.6. The summed E-state index contributed by atoms with van der Waals surface area (Å²) in [4.78, 5) is 24.8. The quantitative estimate of drug-likeness (QED) is 0.848. The lowest BCUT2D eigenvalue weighted by atomic mass is 10.1. The van der Waals surface area contributed by atoms with Crippen LogP contribution in [0.4, 0.5) is 4.39 Å². The average Bonchev–Trinajstić information content (AvgIpc) is 2.48. The summed E-state index contributed by atoms with van der Waals surface area (Å²) in [5.74, 6) is -2.56. The van der Waals surface area contributed by atoms with Gasteiger partial charge in [0.15, 0.2) is 0 Å². The van der Waals surface area contributed by atoms with Crippen LogP contribution in [0.25, 0.3) is 0 Å². The zero-order valence-corrected chi connectivity index (χ0v) is 13.0. The Balaban J connectivity index is 2.32. The van der Waals surface area contributed by atoms with Crippen molar-refractivity contribution in [3.8, 4) is 0 Å². The number of carbonyl (C=O) groups is 2. The van der Waals surface area contributed by atoms with Crippen molar-refractivity contribution in [3.05, 3.63) is 33.6 Å². The van der Waals surface area contributed by atoms with Gasteiger partial charge in [0.1, 0.15) is 12.4 Å². The zero-order valence-electron chi connectivity index (χ0n) is 11.5. The van der Waals surface area contributed by atoms with Crippen LogP contribution in [-0.2, 0) is 9.53 Å². The number of halogens is 3. The molecule has 1 aliphatic heterocycles. The van der Waals surface area contributed by atoms with Crippen LogP contribution in [0, 0.1) is 5.82 Å². The molecule has 0 atom stereocenters. The molecule has 0 unspecified atom stereocenters. The van der Waals surface area contributed by atoms with Crippen LogP contribution in [0.3, 0.4) is 0 Å². The van der Waals surface area contributed by atoms with E-state index < -0.39 is 24.2 Å². The van der Waals surface area contributed by atoms with Gasteiger partial charge in [-0.05, 0) is 25.0 Å². The van der Waals surface area contributed by atoms with Gasteiger partial charge in [-0.15, -0.1) is 0 Å². The smallest absolute Gasteiger partial charge is 0.323 e. The fourth-order valence-corrected chi connectivity index (χ4v) is 2.81. The van der Waals surface area contributed by atoms with Crippen molar-refractivity contribution in [1.29, 1.82) is 0 Å². The average molecular weight is 350 g/mol. The molecule has 0 aliphatic carbocycles. The van der Waals surface area contributed by atoms with Gasteiger partial charge in [0.25, 0.3) is 5.91 Å². The van der Waals surface area contributed by atoms with E-state index in [2.05, 4.69) is 0 Å². The minimum absolute atomic E-state index is 0.0150.